The standard InChI is InChI=1S/C57H69N7O13S/c1-35(65)59-45(32-49(70)71)56(76)60-43(28-30-48(68)69)54(74)64-51(50(39-23-13-5-14-24-39)40-25-15-6-16-26-40)57(77)61-42(27-29-47(66)67)53(73)62-44(31-36-17-7-2-8-18-36)55(75)63-46(34-78)52(72)58-33-41(37-19-9-3-10-20-37)38-21-11-4-12-22-38/h3-6,9-16,19-26,36,41-46,50-51,78H,2,7-8,17-18,27-34H2,1H3,(H,58,72)(H,59,65)(H,60,76)(H,61,77)(H,62,73)(H,63,75)(H,64,74)(H,66,67)(H,68,69)(H,70,71)/t42-,43-,44-,45-,46-,51-/m0/s1. The van der Waals surface area contributed by atoms with E-state index < -0.39 is 134 Å². The Bertz CT molecular complexity index is 2570. The molecule has 78 heavy (non-hydrogen) atoms. The van der Waals surface area contributed by atoms with Crippen LogP contribution in [0.5, 0.6) is 0 Å². The van der Waals surface area contributed by atoms with Gasteiger partial charge >= 0.3 is 17.9 Å². The Morgan fingerprint density at radius 2 is 0.885 bits per heavy atom. The maximum absolute atomic E-state index is 15.1. The number of hydrogen-bond acceptors (Lipinski definition) is 11. The van der Waals surface area contributed by atoms with Crippen molar-refractivity contribution in [1.29, 1.82) is 0 Å². The predicted octanol–water partition coefficient (Wildman–Crippen LogP) is 3.80. The van der Waals surface area contributed by atoms with Gasteiger partial charge in [-0.15, -0.1) is 0 Å². The van der Waals surface area contributed by atoms with Gasteiger partial charge in [0.15, 0.2) is 0 Å². The number of rotatable bonds is 30. The summed E-state index contributed by atoms with van der Waals surface area (Å²) in [6.45, 7) is 1.22. The van der Waals surface area contributed by atoms with Crippen LogP contribution in [0.2, 0.25) is 0 Å². The summed E-state index contributed by atoms with van der Waals surface area (Å²) in [6, 6.07) is 26.8. The van der Waals surface area contributed by atoms with Crippen molar-refractivity contribution in [2.75, 3.05) is 12.3 Å². The van der Waals surface area contributed by atoms with Crippen molar-refractivity contribution in [2.24, 2.45) is 5.92 Å². The van der Waals surface area contributed by atoms with Gasteiger partial charge in [-0.3, -0.25) is 47.9 Å². The molecule has 0 bridgehead atoms. The minimum atomic E-state index is -1.73. The second-order valence-corrected chi connectivity index (χ2v) is 19.7. The fourth-order valence-electron chi connectivity index (χ4n) is 9.54. The molecule has 1 fully saturated rings. The van der Waals surface area contributed by atoms with E-state index in [9.17, 15) is 58.5 Å². The van der Waals surface area contributed by atoms with E-state index in [0.29, 0.717) is 11.1 Å². The summed E-state index contributed by atoms with van der Waals surface area (Å²) in [5, 5.41) is 47.3. The minimum absolute atomic E-state index is 0.0213. The molecule has 4 aromatic rings. The molecule has 0 spiro atoms. The van der Waals surface area contributed by atoms with Crippen LogP contribution < -0.4 is 37.2 Å². The smallest absolute Gasteiger partial charge is 0.305 e. The highest BCUT2D eigenvalue weighted by Gasteiger charge is 2.39. The Balaban J connectivity index is 1.46. The van der Waals surface area contributed by atoms with Crippen LogP contribution in [0.15, 0.2) is 121 Å². The summed E-state index contributed by atoms with van der Waals surface area (Å²) in [7, 11) is 0. The van der Waals surface area contributed by atoms with Gasteiger partial charge in [0.05, 0.1) is 6.42 Å². The maximum atomic E-state index is 15.1. The first kappa shape index (κ1) is 60.8. The summed E-state index contributed by atoms with van der Waals surface area (Å²) in [6.07, 6.45) is 1.11. The number of benzene rings is 4. The molecule has 0 radical (unpaired) electrons. The highest BCUT2D eigenvalue weighted by Crippen LogP contribution is 2.30. The molecule has 10 N–H and O–H groups in total. The largest absolute Gasteiger partial charge is 0.481 e. The molecule has 0 aromatic heterocycles. The molecule has 0 heterocycles. The average Bonchev–Trinajstić information content (AvgIpc) is 3.43. The van der Waals surface area contributed by atoms with E-state index in [2.05, 4.69) is 49.8 Å². The zero-order valence-electron chi connectivity index (χ0n) is 43.3. The molecule has 416 valence electrons. The van der Waals surface area contributed by atoms with Gasteiger partial charge in [0.1, 0.15) is 36.3 Å². The number of hydrogen-bond donors (Lipinski definition) is 11. The van der Waals surface area contributed by atoms with Crippen molar-refractivity contribution in [3.63, 3.8) is 0 Å². The first-order chi connectivity index (χ1) is 37.4. The van der Waals surface area contributed by atoms with E-state index in [1.54, 1.807) is 60.7 Å². The number of aliphatic carboxylic acids is 3. The predicted molar refractivity (Wildman–Crippen MR) is 291 cm³/mol. The quantitative estimate of drug-likeness (QED) is 0.0332. The molecule has 21 heteroatoms. The van der Waals surface area contributed by atoms with Crippen molar-refractivity contribution in [3.8, 4) is 0 Å². The third kappa shape index (κ3) is 19.5. The normalized spacial score (nSPS) is 14.7. The van der Waals surface area contributed by atoms with Crippen LogP contribution in [0.3, 0.4) is 0 Å². The van der Waals surface area contributed by atoms with Crippen LogP contribution in [0.4, 0.5) is 0 Å². The van der Waals surface area contributed by atoms with E-state index >= 15 is 4.79 Å². The lowest BCUT2D eigenvalue weighted by molar-refractivity contribution is -0.141. The number of carbonyl (C=O) groups is 10. The fourth-order valence-corrected chi connectivity index (χ4v) is 9.80. The zero-order valence-corrected chi connectivity index (χ0v) is 44.2. The molecule has 0 aliphatic heterocycles. The van der Waals surface area contributed by atoms with Gasteiger partial charge in [0, 0.05) is 43.9 Å². The molecule has 5 rings (SSSR count). The topological polar surface area (TPSA) is 316 Å². The lowest BCUT2D eigenvalue weighted by Crippen LogP contribution is -2.61. The lowest BCUT2D eigenvalue weighted by atomic mass is 9.84. The Labute approximate surface area is 458 Å². The van der Waals surface area contributed by atoms with Crippen LogP contribution in [0, 0.1) is 5.92 Å². The summed E-state index contributed by atoms with van der Waals surface area (Å²) < 4.78 is 0. The lowest BCUT2D eigenvalue weighted by Gasteiger charge is -2.32. The van der Waals surface area contributed by atoms with Gasteiger partial charge in [-0.2, -0.15) is 12.6 Å². The first-order valence-electron chi connectivity index (χ1n) is 26.0. The van der Waals surface area contributed by atoms with Crippen LogP contribution in [0.1, 0.15) is 112 Å². The molecule has 7 amide bonds. The van der Waals surface area contributed by atoms with E-state index in [0.717, 1.165) is 50.2 Å². The van der Waals surface area contributed by atoms with Crippen LogP contribution in [-0.4, -0.2) is 123 Å². The Morgan fingerprint density at radius 3 is 1.33 bits per heavy atom. The van der Waals surface area contributed by atoms with Crippen LogP contribution >= 0.6 is 12.6 Å². The van der Waals surface area contributed by atoms with Crippen molar-refractivity contribution in [3.05, 3.63) is 144 Å². The van der Waals surface area contributed by atoms with Gasteiger partial charge in [-0.1, -0.05) is 153 Å². The van der Waals surface area contributed by atoms with E-state index in [1.165, 1.54) is 0 Å². The number of amides is 7. The van der Waals surface area contributed by atoms with Crippen molar-refractivity contribution in [2.45, 2.75) is 126 Å². The van der Waals surface area contributed by atoms with E-state index in [4.69, 9.17) is 0 Å². The van der Waals surface area contributed by atoms with Crippen molar-refractivity contribution in [1.82, 2.24) is 37.2 Å². The summed E-state index contributed by atoms with van der Waals surface area (Å²) >= 11 is 4.41. The molecule has 0 unspecified atom stereocenters. The summed E-state index contributed by atoms with van der Waals surface area (Å²) in [5.74, 6) is -11.8. The van der Waals surface area contributed by atoms with Crippen LogP contribution in [-0.2, 0) is 47.9 Å². The second-order valence-electron chi connectivity index (χ2n) is 19.3. The molecule has 1 aliphatic carbocycles. The van der Waals surface area contributed by atoms with Gasteiger partial charge in [-0.25, -0.2) is 0 Å². The van der Waals surface area contributed by atoms with E-state index in [1.807, 2.05) is 60.7 Å². The molecule has 20 nitrogen and oxygen atoms in total. The monoisotopic (exact) mass is 1090 g/mol. The number of carbonyl (C=O) groups excluding carboxylic acids is 7. The molecular weight excluding hydrogens is 1020 g/mol. The molecule has 0 saturated heterocycles. The Hall–Kier alpha value is -8.07. The fraction of sp³-hybridized carbons (Fsp3) is 0.404. The van der Waals surface area contributed by atoms with Crippen molar-refractivity contribution < 1.29 is 63.3 Å². The number of carboxylic acid groups (broad SMARTS) is 3. The molecule has 6 atom stereocenters. The summed E-state index contributed by atoms with van der Waals surface area (Å²) in [4.78, 5) is 134. The molecule has 4 aromatic carbocycles. The van der Waals surface area contributed by atoms with Gasteiger partial charge in [0.25, 0.3) is 0 Å². The Morgan fingerprint density at radius 1 is 0.474 bits per heavy atom. The zero-order chi connectivity index (χ0) is 56.6. The second kappa shape index (κ2) is 31.2. The molecule has 1 saturated carbocycles. The number of carboxylic acids is 3. The maximum Gasteiger partial charge on any atom is 0.305 e. The molecule has 1 aliphatic rings. The summed E-state index contributed by atoms with van der Waals surface area (Å²) in [5.41, 5.74) is 2.85. The average molecular weight is 1090 g/mol. The van der Waals surface area contributed by atoms with E-state index in [-0.39, 0.29) is 30.6 Å². The van der Waals surface area contributed by atoms with Gasteiger partial charge < -0.3 is 52.5 Å². The molecular formula is C57H69N7O13S. The third-order valence-corrected chi connectivity index (χ3v) is 13.9. The highest BCUT2D eigenvalue weighted by molar-refractivity contribution is 7.80. The van der Waals surface area contributed by atoms with Crippen molar-refractivity contribution >= 4 is 71.9 Å². The van der Waals surface area contributed by atoms with Gasteiger partial charge in [-0.05, 0) is 47.4 Å². The number of thiol groups is 1. The highest BCUT2D eigenvalue weighted by atomic mass is 32.1. The third-order valence-electron chi connectivity index (χ3n) is 13.5. The van der Waals surface area contributed by atoms with Gasteiger partial charge in [0.2, 0.25) is 41.4 Å². The number of nitrogens with one attached hydrogen (secondary N) is 7. The SMILES string of the molecule is CC(=O)N[C@@H](CC(=O)O)C(=O)N[C@@H](CCC(=O)O)C(=O)N[C@H](C(=O)N[C@@H](CCC(=O)O)C(=O)N[C@@H](CC1CCCCC1)C(=O)N[C@@H](CS)C(=O)NCC(c1ccccc1)c1ccccc1)C(c1ccccc1)c1ccccc1. The van der Waals surface area contributed by atoms with Crippen LogP contribution in [0.25, 0.3) is 0 Å². The first-order valence-corrected chi connectivity index (χ1v) is 26.6. The Kier molecular flexibility index (Phi) is 24.3. The minimum Gasteiger partial charge on any atom is -0.481 e.